The van der Waals surface area contributed by atoms with Crippen molar-refractivity contribution in [2.24, 2.45) is 17.3 Å². The number of likely N-dealkylation sites (tertiary alicyclic amines) is 1. The zero-order valence-corrected chi connectivity index (χ0v) is 20.4. The SMILES string of the molecule is CCOC(=O)[C@@H]1[C@H]2C(=O)N(CCCCO)C(C(=O)NC(C)(C)CC(C)(C)C)C23CC[C@H]1O3. The summed E-state index contributed by atoms with van der Waals surface area (Å²) in [5, 5.41) is 12.4. The maximum atomic E-state index is 13.7. The van der Waals surface area contributed by atoms with Gasteiger partial charge in [0.25, 0.3) is 0 Å². The Balaban J connectivity index is 1.92. The molecule has 0 aromatic heterocycles. The average molecular weight is 453 g/mol. The summed E-state index contributed by atoms with van der Waals surface area (Å²) >= 11 is 0. The lowest BCUT2D eigenvalue weighted by Gasteiger charge is -2.38. The number of nitrogens with zero attached hydrogens (tertiary/aromatic N) is 1. The Labute approximate surface area is 191 Å². The van der Waals surface area contributed by atoms with E-state index in [1.807, 2.05) is 13.8 Å². The molecule has 5 atom stereocenters. The Morgan fingerprint density at radius 1 is 1.25 bits per heavy atom. The number of aliphatic hydroxyl groups excluding tert-OH is 1. The van der Waals surface area contributed by atoms with Gasteiger partial charge in [-0.1, -0.05) is 20.8 Å². The van der Waals surface area contributed by atoms with Crippen LogP contribution < -0.4 is 5.32 Å². The quantitative estimate of drug-likeness (QED) is 0.410. The van der Waals surface area contributed by atoms with E-state index in [-0.39, 0.29) is 36.5 Å². The molecule has 32 heavy (non-hydrogen) atoms. The molecular weight excluding hydrogens is 412 g/mol. The molecule has 3 saturated heterocycles. The largest absolute Gasteiger partial charge is 0.466 e. The number of unbranched alkanes of at least 4 members (excludes halogenated alkanes) is 1. The monoisotopic (exact) mass is 452 g/mol. The number of aliphatic hydroxyl groups is 1. The number of nitrogens with one attached hydrogen (secondary N) is 1. The van der Waals surface area contributed by atoms with Crippen molar-refractivity contribution < 1.29 is 29.0 Å². The number of carbonyl (C=O) groups excluding carboxylic acids is 3. The smallest absolute Gasteiger partial charge is 0.312 e. The van der Waals surface area contributed by atoms with Crippen molar-refractivity contribution >= 4 is 17.8 Å². The van der Waals surface area contributed by atoms with E-state index in [9.17, 15) is 19.5 Å². The van der Waals surface area contributed by atoms with Crippen molar-refractivity contribution in [1.82, 2.24) is 10.2 Å². The molecule has 2 unspecified atom stereocenters. The van der Waals surface area contributed by atoms with Gasteiger partial charge in [-0.15, -0.1) is 0 Å². The minimum Gasteiger partial charge on any atom is -0.466 e. The molecule has 0 aliphatic carbocycles. The lowest BCUT2D eigenvalue weighted by atomic mass is 9.70. The maximum absolute atomic E-state index is 13.7. The van der Waals surface area contributed by atoms with E-state index in [4.69, 9.17) is 9.47 Å². The van der Waals surface area contributed by atoms with Crippen LogP contribution in [0.4, 0.5) is 0 Å². The number of amides is 2. The molecule has 0 aromatic carbocycles. The molecule has 0 aromatic rings. The van der Waals surface area contributed by atoms with Gasteiger partial charge in [0, 0.05) is 18.7 Å². The summed E-state index contributed by atoms with van der Waals surface area (Å²) < 4.78 is 11.6. The number of rotatable bonds is 9. The van der Waals surface area contributed by atoms with Crippen molar-refractivity contribution in [1.29, 1.82) is 0 Å². The normalized spacial score (nSPS) is 31.7. The van der Waals surface area contributed by atoms with Crippen LogP contribution in [-0.4, -0.2) is 70.8 Å². The highest BCUT2D eigenvalue weighted by molar-refractivity contribution is 5.98. The fraction of sp³-hybridized carbons (Fsp3) is 0.875. The molecule has 3 aliphatic rings. The van der Waals surface area contributed by atoms with E-state index in [0.29, 0.717) is 32.2 Å². The lowest BCUT2D eigenvalue weighted by molar-refractivity contribution is -0.154. The highest BCUT2D eigenvalue weighted by Gasteiger charge is 2.74. The zero-order chi connectivity index (χ0) is 23.9. The van der Waals surface area contributed by atoms with E-state index in [1.165, 1.54) is 0 Å². The summed E-state index contributed by atoms with van der Waals surface area (Å²) in [6.07, 6.45) is 2.69. The third-order valence-electron chi connectivity index (χ3n) is 6.85. The number of ether oxygens (including phenoxy) is 2. The second-order valence-corrected chi connectivity index (χ2v) is 11.4. The molecule has 2 amide bonds. The summed E-state index contributed by atoms with van der Waals surface area (Å²) in [4.78, 5) is 41.6. The van der Waals surface area contributed by atoms with Gasteiger partial charge in [-0.05, 0) is 58.3 Å². The first kappa shape index (κ1) is 25.0. The summed E-state index contributed by atoms with van der Waals surface area (Å²) in [6.45, 7) is 12.7. The fourth-order valence-corrected chi connectivity index (χ4v) is 6.37. The summed E-state index contributed by atoms with van der Waals surface area (Å²) in [5.74, 6) is -2.23. The molecule has 2 N–H and O–H groups in total. The van der Waals surface area contributed by atoms with Crippen molar-refractivity contribution in [3.63, 3.8) is 0 Å². The third kappa shape index (κ3) is 4.53. The van der Waals surface area contributed by atoms with Crippen LogP contribution in [0.3, 0.4) is 0 Å². The highest BCUT2D eigenvalue weighted by Crippen LogP contribution is 2.58. The van der Waals surface area contributed by atoms with Gasteiger partial charge in [-0.3, -0.25) is 14.4 Å². The van der Waals surface area contributed by atoms with Gasteiger partial charge in [0.1, 0.15) is 11.6 Å². The highest BCUT2D eigenvalue weighted by atomic mass is 16.6. The van der Waals surface area contributed by atoms with Crippen LogP contribution in [0, 0.1) is 17.3 Å². The molecule has 8 nitrogen and oxygen atoms in total. The molecule has 8 heteroatoms. The molecule has 3 heterocycles. The van der Waals surface area contributed by atoms with Crippen LogP contribution in [0.15, 0.2) is 0 Å². The van der Waals surface area contributed by atoms with Crippen molar-refractivity contribution in [3.05, 3.63) is 0 Å². The number of hydrogen-bond donors (Lipinski definition) is 2. The van der Waals surface area contributed by atoms with E-state index >= 15 is 0 Å². The second kappa shape index (κ2) is 8.93. The van der Waals surface area contributed by atoms with Crippen molar-refractivity contribution in [3.8, 4) is 0 Å². The minimum atomic E-state index is -1.000. The van der Waals surface area contributed by atoms with Gasteiger partial charge in [-0.2, -0.15) is 0 Å². The van der Waals surface area contributed by atoms with Gasteiger partial charge in [0.05, 0.1) is 24.5 Å². The Hall–Kier alpha value is -1.67. The Kier molecular flexibility index (Phi) is 6.97. The molecule has 0 saturated carbocycles. The number of carbonyl (C=O) groups is 3. The first-order valence-corrected chi connectivity index (χ1v) is 11.9. The van der Waals surface area contributed by atoms with Crippen LogP contribution in [0.1, 0.15) is 73.6 Å². The van der Waals surface area contributed by atoms with Crippen LogP contribution >= 0.6 is 0 Å². The van der Waals surface area contributed by atoms with Crippen molar-refractivity contribution in [2.45, 2.75) is 96.9 Å². The molecule has 2 bridgehead atoms. The first-order valence-electron chi connectivity index (χ1n) is 11.9. The van der Waals surface area contributed by atoms with Gasteiger partial charge in [0.15, 0.2) is 0 Å². The molecule has 1 spiro atoms. The Morgan fingerprint density at radius 3 is 2.53 bits per heavy atom. The fourth-order valence-electron chi connectivity index (χ4n) is 6.37. The van der Waals surface area contributed by atoms with E-state index < -0.39 is 35.0 Å². The van der Waals surface area contributed by atoms with E-state index in [1.54, 1.807) is 11.8 Å². The number of esters is 1. The molecule has 182 valence electrons. The molecule has 3 aliphatic heterocycles. The molecule has 3 rings (SSSR count). The zero-order valence-electron chi connectivity index (χ0n) is 20.4. The molecular formula is C24H40N2O6. The summed E-state index contributed by atoms with van der Waals surface area (Å²) in [6, 6.07) is -0.789. The number of fused-ring (bicyclic) bond motifs is 1. The van der Waals surface area contributed by atoms with Gasteiger partial charge >= 0.3 is 5.97 Å². The summed E-state index contributed by atoms with van der Waals surface area (Å²) in [5.41, 5.74) is -1.46. The minimum absolute atomic E-state index is 0.0151. The van der Waals surface area contributed by atoms with Crippen LogP contribution in [0.2, 0.25) is 0 Å². The standard InChI is InChI=1S/C24H40N2O6/c1-7-31-21(30)16-15-10-11-24(32-15)17(16)20(29)26(12-8-9-13-27)18(24)19(28)25-23(5,6)14-22(2,3)4/h15-18,27H,7-14H2,1-6H3,(H,25,28)/t15-,16+,17+,18?,24?/m1/s1. The van der Waals surface area contributed by atoms with Crippen LogP contribution in [-0.2, 0) is 23.9 Å². The molecule has 0 radical (unpaired) electrons. The lowest BCUT2D eigenvalue weighted by Crippen LogP contribution is -2.59. The number of hydrogen-bond acceptors (Lipinski definition) is 6. The second-order valence-electron chi connectivity index (χ2n) is 11.4. The first-order chi connectivity index (χ1) is 14.9. The van der Waals surface area contributed by atoms with Gasteiger partial charge in [-0.25, -0.2) is 0 Å². The van der Waals surface area contributed by atoms with Crippen molar-refractivity contribution in [2.75, 3.05) is 19.8 Å². The average Bonchev–Trinajstić information content (AvgIpc) is 3.27. The van der Waals surface area contributed by atoms with Crippen LogP contribution in [0.5, 0.6) is 0 Å². The van der Waals surface area contributed by atoms with Crippen LogP contribution in [0.25, 0.3) is 0 Å². The Morgan fingerprint density at radius 2 is 1.94 bits per heavy atom. The maximum Gasteiger partial charge on any atom is 0.312 e. The molecule has 3 fully saturated rings. The van der Waals surface area contributed by atoms with E-state index in [0.717, 1.165) is 6.42 Å². The predicted octanol–water partition coefficient (Wildman–Crippen LogP) is 2.03. The van der Waals surface area contributed by atoms with Gasteiger partial charge in [0.2, 0.25) is 11.8 Å². The Bertz CT molecular complexity index is 745. The van der Waals surface area contributed by atoms with Gasteiger partial charge < -0.3 is 24.8 Å². The summed E-state index contributed by atoms with van der Waals surface area (Å²) in [7, 11) is 0. The predicted molar refractivity (Wildman–Crippen MR) is 119 cm³/mol. The topological polar surface area (TPSA) is 105 Å². The third-order valence-corrected chi connectivity index (χ3v) is 6.85. The van der Waals surface area contributed by atoms with E-state index in [2.05, 4.69) is 26.1 Å².